The third-order valence-corrected chi connectivity index (χ3v) is 2.60. The third-order valence-electron chi connectivity index (χ3n) is 2.60. The quantitative estimate of drug-likeness (QED) is 0.607. The predicted octanol–water partition coefficient (Wildman–Crippen LogP) is 2.58. The van der Waals surface area contributed by atoms with Crippen molar-refractivity contribution in [3.63, 3.8) is 0 Å². The van der Waals surface area contributed by atoms with E-state index in [4.69, 9.17) is 9.47 Å². The first-order chi connectivity index (χ1) is 5.88. The van der Waals surface area contributed by atoms with Crippen LogP contribution in [-0.2, 0) is 9.47 Å². The van der Waals surface area contributed by atoms with Crippen LogP contribution in [0.1, 0.15) is 39.0 Å². The summed E-state index contributed by atoms with van der Waals surface area (Å²) in [5.41, 5.74) is 0. The zero-order valence-corrected chi connectivity index (χ0v) is 8.21. The molecule has 0 bridgehead atoms. The van der Waals surface area contributed by atoms with Gasteiger partial charge in [-0.2, -0.15) is 0 Å². The molecular weight excluding hydrogens is 152 g/mol. The summed E-state index contributed by atoms with van der Waals surface area (Å²) in [5, 5.41) is 0. The Morgan fingerprint density at radius 3 is 2.42 bits per heavy atom. The summed E-state index contributed by atoms with van der Waals surface area (Å²) in [7, 11) is 1.74. The highest BCUT2D eigenvalue weighted by Crippen LogP contribution is 2.28. The van der Waals surface area contributed by atoms with E-state index in [2.05, 4.69) is 0 Å². The first kappa shape index (κ1) is 10.0. The maximum Gasteiger partial charge on any atom is 0.159 e. The van der Waals surface area contributed by atoms with Gasteiger partial charge >= 0.3 is 0 Å². The Kier molecular flexibility index (Phi) is 4.62. The highest BCUT2D eigenvalue weighted by atomic mass is 16.7. The molecule has 12 heavy (non-hydrogen) atoms. The molecule has 0 aromatic heterocycles. The Hall–Kier alpha value is -0.0800. The van der Waals surface area contributed by atoms with Crippen molar-refractivity contribution in [3.05, 3.63) is 0 Å². The van der Waals surface area contributed by atoms with Gasteiger partial charge in [-0.3, -0.25) is 0 Å². The minimum Gasteiger partial charge on any atom is -0.356 e. The van der Waals surface area contributed by atoms with Gasteiger partial charge in [-0.1, -0.05) is 19.3 Å². The summed E-state index contributed by atoms with van der Waals surface area (Å²) in [5.74, 6) is 0.642. The van der Waals surface area contributed by atoms with Crippen LogP contribution in [0.2, 0.25) is 0 Å². The van der Waals surface area contributed by atoms with Crippen molar-refractivity contribution < 1.29 is 9.47 Å². The van der Waals surface area contributed by atoms with Gasteiger partial charge in [0.25, 0.3) is 0 Å². The largest absolute Gasteiger partial charge is 0.356 e. The summed E-state index contributed by atoms with van der Waals surface area (Å²) < 4.78 is 10.8. The number of methoxy groups -OCH3 is 1. The normalized spacial score (nSPS) is 22.5. The zero-order valence-electron chi connectivity index (χ0n) is 8.21. The molecule has 1 saturated carbocycles. The van der Waals surface area contributed by atoms with Gasteiger partial charge in [-0.05, 0) is 19.8 Å². The van der Waals surface area contributed by atoms with Gasteiger partial charge in [0, 0.05) is 19.6 Å². The summed E-state index contributed by atoms with van der Waals surface area (Å²) >= 11 is 0. The van der Waals surface area contributed by atoms with Gasteiger partial charge in [0.15, 0.2) is 6.29 Å². The fraction of sp³-hybridized carbons (Fsp3) is 1.00. The number of ether oxygens (including phenoxy) is 2. The van der Waals surface area contributed by atoms with E-state index in [0.717, 1.165) is 6.61 Å². The Morgan fingerprint density at radius 2 is 1.92 bits per heavy atom. The lowest BCUT2D eigenvalue weighted by atomic mass is 9.89. The third kappa shape index (κ3) is 2.76. The molecule has 0 aromatic carbocycles. The SMILES string of the molecule is CCOC(OC)C1CCCCC1. The Morgan fingerprint density at radius 1 is 1.25 bits per heavy atom. The summed E-state index contributed by atoms with van der Waals surface area (Å²) in [6.45, 7) is 2.78. The monoisotopic (exact) mass is 172 g/mol. The predicted molar refractivity (Wildman–Crippen MR) is 49.0 cm³/mol. The Balaban J connectivity index is 2.29. The van der Waals surface area contributed by atoms with Crippen molar-refractivity contribution in [1.82, 2.24) is 0 Å². The highest BCUT2D eigenvalue weighted by Gasteiger charge is 2.23. The molecular formula is C10H20O2. The van der Waals surface area contributed by atoms with Crippen LogP contribution in [0.15, 0.2) is 0 Å². The molecule has 0 N–H and O–H groups in total. The lowest BCUT2D eigenvalue weighted by Gasteiger charge is -2.28. The van der Waals surface area contributed by atoms with E-state index in [1.807, 2.05) is 6.92 Å². The molecule has 1 unspecified atom stereocenters. The maximum absolute atomic E-state index is 5.51. The van der Waals surface area contributed by atoms with E-state index in [-0.39, 0.29) is 6.29 Å². The van der Waals surface area contributed by atoms with Gasteiger partial charge in [-0.25, -0.2) is 0 Å². The number of rotatable bonds is 4. The fourth-order valence-electron chi connectivity index (χ4n) is 1.97. The second-order valence-electron chi connectivity index (χ2n) is 3.46. The average molecular weight is 172 g/mol. The maximum atomic E-state index is 5.51. The molecule has 0 heterocycles. The van der Waals surface area contributed by atoms with Crippen LogP contribution in [0.25, 0.3) is 0 Å². The summed E-state index contributed by atoms with van der Waals surface area (Å²) in [6, 6.07) is 0. The number of hydrogen-bond donors (Lipinski definition) is 0. The molecule has 2 heteroatoms. The van der Waals surface area contributed by atoms with Crippen LogP contribution < -0.4 is 0 Å². The molecule has 1 aliphatic rings. The van der Waals surface area contributed by atoms with E-state index in [0.29, 0.717) is 5.92 Å². The molecule has 72 valence electrons. The van der Waals surface area contributed by atoms with E-state index >= 15 is 0 Å². The lowest BCUT2D eigenvalue weighted by molar-refractivity contribution is -0.158. The zero-order chi connectivity index (χ0) is 8.81. The molecule has 1 rings (SSSR count). The standard InChI is InChI=1S/C10H20O2/c1-3-12-10(11-2)9-7-5-4-6-8-9/h9-10H,3-8H2,1-2H3. The molecule has 1 aliphatic carbocycles. The molecule has 0 spiro atoms. The van der Waals surface area contributed by atoms with Crippen molar-refractivity contribution in [1.29, 1.82) is 0 Å². The van der Waals surface area contributed by atoms with Crippen LogP contribution in [0.5, 0.6) is 0 Å². The van der Waals surface area contributed by atoms with Gasteiger partial charge in [0.1, 0.15) is 0 Å². The summed E-state index contributed by atoms with van der Waals surface area (Å²) in [4.78, 5) is 0. The van der Waals surface area contributed by atoms with Gasteiger partial charge in [0.2, 0.25) is 0 Å². The van der Waals surface area contributed by atoms with E-state index < -0.39 is 0 Å². The second-order valence-corrected chi connectivity index (χ2v) is 3.46. The smallest absolute Gasteiger partial charge is 0.159 e. The topological polar surface area (TPSA) is 18.5 Å². The molecule has 0 amide bonds. The first-order valence-corrected chi connectivity index (χ1v) is 5.03. The molecule has 1 atom stereocenters. The fourth-order valence-corrected chi connectivity index (χ4v) is 1.97. The molecule has 0 aliphatic heterocycles. The first-order valence-electron chi connectivity index (χ1n) is 5.03. The van der Waals surface area contributed by atoms with Crippen molar-refractivity contribution in [2.75, 3.05) is 13.7 Å². The van der Waals surface area contributed by atoms with Crippen molar-refractivity contribution >= 4 is 0 Å². The van der Waals surface area contributed by atoms with Crippen LogP contribution in [0, 0.1) is 5.92 Å². The molecule has 0 saturated heterocycles. The van der Waals surface area contributed by atoms with Crippen LogP contribution in [0.3, 0.4) is 0 Å². The van der Waals surface area contributed by atoms with Crippen LogP contribution in [-0.4, -0.2) is 20.0 Å². The molecule has 0 radical (unpaired) electrons. The van der Waals surface area contributed by atoms with E-state index in [1.165, 1.54) is 32.1 Å². The van der Waals surface area contributed by atoms with Crippen molar-refractivity contribution in [2.24, 2.45) is 5.92 Å². The Labute approximate surface area is 75.2 Å². The Bertz CT molecular complexity index is 106. The van der Waals surface area contributed by atoms with Crippen molar-refractivity contribution in [3.8, 4) is 0 Å². The number of hydrogen-bond acceptors (Lipinski definition) is 2. The van der Waals surface area contributed by atoms with Gasteiger partial charge in [0.05, 0.1) is 0 Å². The summed E-state index contributed by atoms with van der Waals surface area (Å²) in [6.07, 6.45) is 6.68. The van der Waals surface area contributed by atoms with E-state index in [9.17, 15) is 0 Å². The van der Waals surface area contributed by atoms with E-state index in [1.54, 1.807) is 7.11 Å². The molecule has 0 aromatic rings. The van der Waals surface area contributed by atoms with Gasteiger partial charge < -0.3 is 9.47 Å². The van der Waals surface area contributed by atoms with Gasteiger partial charge in [-0.15, -0.1) is 0 Å². The lowest BCUT2D eigenvalue weighted by Crippen LogP contribution is -2.27. The minimum atomic E-state index is 0.0512. The second kappa shape index (κ2) is 5.55. The molecule has 1 fully saturated rings. The average Bonchev–Trinajstić information content (AvgIpc) is 2.15. The van der Waals surface area contributed by atoms with Crippen LogP contribution >= 0.6 is 0 Å². The van der Waals surface area contributed by atoms with Crippen molar-refractivity contribution in [2.45, 2.75) is 45.3 Å². The van der Waals surface area contributed by atoms with Crippen LogP contribution in [0.4, 0.5) is 0 Å². The minimum absolute atomic E-state index is 0.0512. The highest BCUT2D eigenvalue weighted by molar-refractivity contribution is 4.68. The molecule has 2 nitrogen and oxygen atoms in total.